The lowest BCUT2D eigenvalue weighted by atomic mass is 10.1. The number of nitrogens with zero attached hydrogens (tertiary/aromatic N) is 2. The van der Waals surface area contributed by atoms with E-state index in [2.05, 4.69) is 18.2 Å². The number of hydrogen-bond acceptors (Lipinski definition) is 4. The summed E-state index contributed by atoms with van der Waals surface area (Å²) in [6, 6.07) is 30.8. The first-order valence-electron chi connectivity index (χ1n) is 8.56. The Morgan fingerprint density at radius 2 is 1.18 bits per heavy atom. The van der Waals surface area contributed by atoms with Crippen LogP contribution in [0.3, 0.4) is 0 Å². The van der Waals surface area contributed by atoms with E-state index in [4.69, 9.17) is 20.0 Å². The van der Waals surface area contributed by atoms with Crippen LogP contribution in [-0.2, 0) is 0 Å². The van der Waals surface area contributed by atoms with Crippen molar-refractivity contribution in [3.63, 3.8) is 0 Å². The topological polar surface area (TPSA) is 66.0 Å². The lowest BCUT2D eigenvalue weighted by Gasteiger charge is -2.09. The summed E-state index contributed by atoms with van der Waals surface area (Å²) in [5.74, 6) is 2.61. The first-order chi connectivity index (χ1) is 13.7. The molecule has 4 rings (SSSR count). The lowest BCUT2D eigenvalue weighted by Crippen LogP contribution is -1.87. The van der Waals surface area contributed by atoms with Crippen molar-refractivity contribution < 1.29 is 9.47 Å². The van der Waals surface area contributed by atoms with Gasteiger partial charge in [-0.1, -0.05) is 6.07 Å². The molecule has 4 heteroatoms. The highest BCUT2D eigenvalue weighted by Crippen LogP contribution is 2.29. The fourth-order valence-corrected chi connectivity index (χ4v) is 2.71. The monoisotopic (exact) mass is 361 g/mol. The van der Waals surface area contributed by atoms with E-state index >= 15 is 0 Å². The number of ether oxygens (including phenoxy) is 2. The van der Waals surface area contributed by atoms with Crippen molar-refractivity contribution in [2.45, 2.75) is 0 Å². The Balaban J connectivity index is 1.53. The van der Waals surface area contributed by atoms with Crippen molar-refractivity contribution in [1.82, 2.24) is 0 Å². The molecule has 28 heavy (non-hydrogen) atoms. The van der Waals surface area contributed by atoms with E-state index in [1.54, 1.807) is 48.5 Å². The average Bonchev–Trinajstić information content (AvgIpc) is 2.75. The highest BCUT2D eigenvalue weighted by Gasteiger charge is 2.04. The molecule has 4 nitrogen and oxygen atoms in total. The molecule has 4 aromatic rings. The largest absolute Gasteiger partial charge is 0.457 e. The Labute approximate surface area is 162 Å². The molecule has 0 fully saturated rings. The Hall–Kier alpha value is -4.28. The van der Waals surface area contributed by atoms with Gasteiger partial charge in [-0.05, 0) is 83.6 Å². The molecule has 1 radical (unpaired) electrons. The van der Waals surface area contributed by atoms with Crippen LogP contribution < -0.4 is 9.47 Å². The third-order valence-corrected chi connectivity index (χ3v) is 4.13. The van der Waals surface area contributed by atoms with Crippen molar-refractivity contribution in [2.24, 2.45) is 0 Å². The number of benzene rings is 4. The maximum atomic E-state index is 8.86. The van der Waals surface area contributed by atoms with E-state index in [-0.39, 0.29) is 0 Å². The molecule has 0 atom stereocenters. The van der Waals surface area contributed by atoms with Crippen molar-refractivity contribution in [2.75, 3.05) is 0 Å². The Morgan fingerprint density at radius 1 is 0.607 bits per heavy atom. The second-order valence-electron chi connectivity index (χ2n) is 6.05. The summed E-state index contributed by atoms with van der Waals surface area (Å²) in [6.45, 7) is 0. The molecule has 131 valence electrons. The zero-order valence-corrected chi connectivity index (χ0v) is 14.7. The predicted molar refractivity (Wildman–Crippen MR) is 105 cm³/mol. The minimum absolute atomic E-state index is 0.588. The summed E-state index contributed by atoms with van der Waals surface area (Å²) in [7, 11) is 0. The molecule has 4 aromatic carbocycles. The predicted octanol–water partition coefficient (Wildman–Crippen LogP) is 5.97. The van der Waals surface area contributed by atoms with Crippen molar-refractivity contribution >= 4 is 10.8 Å². The van der Waals surface area contributed by atoms with Crippen molar-refractivity contribution in [3.05, 3.63) is 96.1 Å². The first-order valence-corrected chi connectivity index (χ1v) is 8.56. The summed E-state index contributed by atoms with van der Waals surface area (Å²) in [6.07, 6.45) is 0. The standard InChI is InChI=1S/C24H13N2O2/c25-15-17-1-7-21(8-2-17)27-23-11-5-20-14-24(12-6-19(20)13-23)28-22-9-3-18(16-26)4-10-22/h1-13H. The minimum atomic E-state index is 0.588. The second-order valence-corrected chi connectivity index (χ2v) is 6.05. The zero-order valence-electron chi connectivity index (χ0n) is 14.7. The molecule has 0 saturated heterocycles. The van der Waals surface area contributed by atoms with Gasteiger partial charge in [-0.25, -0.2) is 0 Å². The van der Waals surface area contributed by atoms with Gasteiger partial charge in [0, 0.05) is 6.07 Å². The highest BCUT2D eigenvalue weighted by atomic mass is 16.5. The van der Waals surface area contributed by atoms with Crippen LogP contribution in [0.15, 0.2) is 78.9 Å². The minimum Gasteiger partial charge on any atom is -0.457 e. The molecule has 0 unspecified atom stereocenters. The maximum absolute atomic E-state index is 8.86. The normalized spacial score (nSPS) is 10.1. The average molecular weight is 361 g/mol. The molecular formula is C24H13N2O2. The second kappa shape index (κ2) is 7.53. The fraction of sp³-hybridized carbons (Fsp3) is 0. The summed E-state index contributed by atoms with van der Waals surface area (Å²) in [5.41, 5.74) is 1.18. The summed E-state index contributed by atoms with van der Waals surface area (Å²) in [5, 5.41) is 19.6. The molecule has 0 bridgehead atoms. The lowest BCUT2D eigenvalue weighted by molar-refractivity contribution is 0.481. The third-order valence-electron chi connectivity index (χ3n) is 4.13. The van der Waals surface area contributed by atoms with Crippen molar-refractivity contribution in [1.29, 1.82) is 10.5 Å². The van der Waals surface area contributed by atoms with Crippen LogP contribution >= 0.6 is 0 Å². The Morgan fingerprint density at radius 3 is 1.79 bits per heavy atom. The van der Waals surface area contributed by atoms with E-state index in [9.17, 15) is 0 Å². The summed E-state index contributed by atoms with van der Waals surface area (Å²) < 4.78 is 11.7. The van der Waals surface area contributed by atoms with Crippen LogP contribution in [0.2, 0.25) is 0 Å². The molecule has 0 aliphatic carbocycles. The third kappa shape index (κ3) is 3.77. The van der Waals surface area contributed by atoms with Crippen LogP contribution in [0.5, 0.6) is 23.0 Å². The van der Waals surface area contributed by atoms with E-state index < -0.39 is 0 Å². The van der Waals surface area contributed by atoms with E-state index in [1.807, 2.05) is 30.3 Å². The van der Waals surface area contributed by atoms with Gasteiger partial charge in [0.05, 0.1) is 23.3 Å². The smallest absolute Gasteiger partial charge is 0.136 e. The summed E-state index contributed by atoms with van der Waals surface area (Å²) >= 11 is 0. The molecule has 0 amide bonds. The fourth-order valence-electron chi connectivity index (χ4n) is 2.71. The van der Waals surface area contributed by atoms with E-state index in [0.29, 0.717) is 34.1 Å². The van der Waals surface area contributed by atoms with E-state index in [0.717, 1.165) is 10.8 Å². The van der Waals surface area contributed by atoms with Gasteiger partial charge >= 0.3 is 0 Å². The molecule has 0 aliphatic rings. The van der Waals surface area contributed by atoms with Crippen LogP contribution in [0.1, 0.15) is 11.1 Å². The molecule has 0 N–H and O–H groups in total. The quantitative estimate of drug-likeness (QED) is 0.449. The van der Waals surface area contributed by atoms with Gasteiger partial charge in [-0.2, -0.15) is 10.5 Å². The zero-order chi connectivity index (χ0) is 19.3. The number of nitriles is 2. The number of hydrogen-bond donors (Lipinski definition) is 0. The van der Waals surface area contributed by atoms with Gasteiger partial charge in [-0.15, -0.1) is 0 Å². The molecule has 0 heterocycles. The maximum Gasteiger partial charge on any atom is 0.136 e. The Kier molecular flexibility index (Phi) is 4.61. The van der Waals surface area contributed by atoms with Gasteiger partial charge < -0.3 is 9.47 Å². The van der Waals surface area contributed by atoms with Gasteiger partial charge in [0.25, 0.3) is 0 Å². The van der Waals surface area contributed by atoms with Gasteiger partial charge in [0.1, 0.15) is 23.0 Å². The van der Waals surface area contributed by atoms with Crippen LogP contribution in [0.4, 0.5) is 0 Å². The van der Waals surface area contributed by atoms with Crippen molar-refractivity contribution in [3.8, 4) is 35.1 Å². The molecule has 0 saturated carbocycles. The first kappa shape index (κ1) is 17.1. The number of fused-ring (bicyclic) bond motifs is 1. The molecular weight excluding hydrogens is 348 g/mol. The molecule has 0 aromatic heterocycles. The summed E-state index contributed by atoms with van der Waals surface area (Å²) in [4.78, 5) is 0. The molecule has 0 aliphatic heterocycles. The van der Waals surface area contributed by atoms with Gasteiger partial charge in [-0.3, -0.25) is 0 Å². The van der Waals surface area contributed by atoms with Gasteiger partial charge in [0.2, 0.25) is 0 Å². The van der Waals surface area contributed by atoms with Crippen LogP contribution in [-0.4, -0.2) is 0 Å². The van der Waals surface area contributed by atoms with Crippen LogP contribution in [0.25, 0.3) is 10.8 Å². The van der Waals surface area contributed by atoms with Gasteiger partial charge in [0.15, 0.2) is 0 Å². The number of rotatable bonds is 4. The molecule has 0 spiro atoms. The highest BCUT2D eigenvalue weighted by molar-refractivity contribution is 5.84. The Bertz CT molecular complexity index is 1120. The van der Waals surface area contributed by atoms with E-state index in [1.165, 1.54) is 0 Å². The van der Waals surface area contributed by atoms with Crippen LogP contribution in [0, 0.1) is 28.7 Å². The SMILES string of the molecule is N#Cc1ccc(Oc2[c]c3ccc(Oc4ccc(C#N)cc4)cc3cc2)cc1.